The molecule has 1 aliphatic rings. The number of aliphatic hydroxyl groups excluding tert-OH is 1. The summed E-state index contributed by atoms with van der Waals surface area (Å²) < 4.78 is 2.00. The molecule has 0 spiro atoms. The fourth-order valence-corrected chi connectivity index (χ4v) is 3.40. The molecule has 1 aromatic carbocycles. The fourth-order valence-electron chi connectivity index (χ4n) is 3.27. The van der Waals surface area contributed by atoms with E-state index in [4.69, 9.17) is 21.8 Å². The molecule has 2 heterocycles. The number of hydrogen-bond donors (Lipinski definition) is 1. The summed E-state index contributed by atoms with van der Waals surface area (Å²) in [6, 6.07) is 7.79. The summed E-state index contributed by atoms with van der Waals surface area (Å²) in [6.45, 7) is 10.3. The first kappa shape index (κ1) is 17.4. The van der Waals surface area contributed by atoms with Crippen LogP contribution in [0, 0.1) is 13.8 Å². The standard InChI is InChI=1S/C18H25ClN4O/c1-14-18(13-22-9-7-21(8-10-22)11-12-24)15(2)23(20-14)17-5-3-16(19)4-6-17/h3-6,24H,7-13H2,1-2H3. The first-order chi connectivity index (χ1) is 11.6. The lowest BCUT2D eigenvalue weighted by Crippen LogP contribution is -2.46. The van der Waals surface area contributed by atoms with Gasteiger partial charge in [0.1, 0.15) is 0 Å². The van der Waals surface area contributed by atoms with Gasteiger partial charge in [0.25, 0.3) is 0 Å². The van der Waals surface area contributed by atoms with Crippen LogP contribution >= 0.6 is 11.6 Å². The van der Waals surface area contributed by atoms with Crippen molar-refractivity contribution in [1.82, 2.24) is 19.6 Å². The first-order valence-electron chi connectivity index (χ1n) is 8.45. The molecule has 1 aliphatic heterocycles. The number of aliphatic hydroxyl groups is 1. The quantitative estimate of drug-likeness (QED) is 0.900. The molecule has 1 saturated heterocycles. The van der Waals surface area contributed by atoms with Gasteiger partial charge in [-0.25, -0.2) is 4.68 Å². The molecular formula is C18H25ClN4O. The van der Waals surface area contributed by atoms with Crippen molar-refractivity contribution in [3.05, 3.63) is 46.2 Å². The zero-order valence-electron chi connectivity index (χ0n) is 14.4. The highest BCUT2D eigenvalue weighted by molar-refractivity contribution is 6.30. The summed E-state index contributed by atoms with van der Waals surface area (Å²) in [5.41, 5.74) is 4.62. The molecule has 24 heavy (non-hydrogen) atoms. The van der Waals surface area contributed by atoms with Crippen LogP contribution < -0.4 is 0 Å². The van der Waals surface area contributed by atoms with E-state index in [1.54, 1.807) is 0 Å². The molecule has 1 fully saturated rings. The van der Waals surface area contributed by atoms with Crippen molar-refractivity contribution in [1.29, 1.82) is 0 Å². The van der Waals surface area contributed by atoms with E-state index in [0.717, 1.165) is 55.7 Å². The Bertz CT molecular complexity index is 675. The van der Waals surface area contributed by atoms with E-state index < -0.39 is 0 Å². The van der Waals surface area contributed by atoms with Crippen LogP contribution in [0.5, 0.6) is 0 Å². The second kappa shape index (κ2) is 7.66. The molecule has 0 aliphatic carbocycles. The molecule has 0 saturated carbocycles. The average Bonchev–Trinajstić information content (AvgIpc) is 2.86. The van der Waals surface area contributed by atoms with Gasteiger partial charge in [0.2, 0.25) is 0 Å². The topological polar surface area (TPSA) is 44.5 Å². The molecule has 0 bridgehead atoms. The number of β-amino-alcohol motifs (C(OH)–C–C–N with tert-alkyl or cyclic N) is 1. The van der Waals surface area contributed by atoms with Crippen molar-refractivity contribution in [3.8, 4) is 5.69 Å². The highest BCUT2D eigenvalue weighted by Gasteiger charge is 2.20. The van der Waals surface area contributed by atoms with E-state index in [1.807, 2.05) is 28.9 Å². The summed E-state index contributed by atoms with van der Waals surface area (Å²) >= 11 is 5.98. The molecule has 6 heteroatoms. The van der Waals surface area contributed by atoms with Crippen LogP contribution in [0.25, 0.3) is 5.69 Å². The van der Waals surface area contributed by atoms with Crippen LogP contribution in [0.3, 0.4) is 0 Å². The summed E-state index contributed by atoms with van der Waals surface area (Å²) in [4.78, 5) is 4.78. The second-order valence-electron chi connectivity index (χ2n) is 6.38. The maximum Gasteiger partial charge on any atom is 0.0649 e. The highest BCUT2D eigenvalue weighted by atomic mass is 35.5. The summed E-state index contributed by atoms with van der Waals surface area (Å²) in [7, 11) is 0. The molecule has 0 amide bonds. The minimum Gasteiger partial charge on any atom is -0.395 e. The van der Waals surface area contributed by atoms with Gasteiger partial charge >= 0.3 is 0 Å². The van der Waals surface area contributed by atoms with E-state index in [9.17, 15) is 0 Å². The van der Waals surface area contributed by atoms with Crippen molar-refractivity contribution in [2.24, 2.45) is 0 Å². The van der Waals surface area contributed by atoms with Crippen molar-refractivity contribution in [2.45, 2.75) is 20.4 Å². The third-order valence-electron chi connectivity index (χ3n) is 4.78. The molecule has 0 unspecified atom stereocenters. The van der Waals surface area contributed by atoms with Crippen LogP contribution in [0.1, 0.15) is 17.0 Å². The predicted octanol–water partition coefficient (Wildman–Crippen LogP) is 2.25. The number of aryl methyl sites for hydroxylation is 1. The Morgan fingerprint density at radius 1 is 1.04 bits per heavy atom. The lowest BCUT2D eigenvalue weighted by Gasteiger charge is -2.34. The fraction of sp³-hybridized carbons (Fsp3) is 0.500. The number of hydrogen-bond acceptors (Lipinski definition) is 4. The van der Waals surface area contributed by atoms with Gasteiger partial charge in [0.15, 0.2) is 0 Å². The highest BCUT2D eigenvalue weighted by Crippen LogP contribution is 2.21. The van der Waals surface area contributed by atoms with Crippen LogP contribution in [-0.2, 0) is 6.54 Å². The Morgan fingerprint density at radius 3 is 2.29 bits per heavy atom. The van der Waals surface area contributed by atoms with Gasteiger partial charge in [-0.15, -0.1) is 0 Å². The van der Waals surface area contributed by atoms with E-state index in [-0.39, 0.29) is 6.61 Å². The van der Waals surface area contributed by atoms with Crippen molar-refractivity contribution < 1.29 is 5.11 Å². The van der Waals surface area contributed by atoms with E-state index in [1.165, 1.54) is 11.3 Å². The minimum absolute atomic E-state index is 0.242. The zero-order valence-corrected chi connectivity index (χ0v) is 15.1. The second-order valence-corrected chi connectivity index (χ2v) is 6.82. The number of piperazine rings is 1. The van der Waals surface area contributed by atoms with Crippen LogP contribution in [0.2, 0.25) is 5.02 Å². The Balaban J connectivity index is 1.72. The normalized spacial score (nSPS) is 16.7. The zero-order chi connectivity index (χ0) is 17.1. The third kappa shape index (κ3) is 3.81. The minimum atomic E-state index is 0.242. The average molecular weight is 349 g/mol. The monoisotopic (exact) mass is 348 g/mol. The van der Waals surface area contributed by atoms with Crippen molar-refractivity contribution in [3.63, 3.8) is 0 Å². The molecule has 0 radical (unpaired) electrons. The van der Waals surface area contributed by atoms with E-state index >= 15 is 0 Å². The predicted molar refractivity (Wildman–Crippen MR) is 96.9 cm³/mol. The molecule has 5 nitrogen and oxygen atoms in total. The molecule has 0 atom stereocenters. The van der Waals surface area contributed by atoms with Crippen molar-refractivity contribution >= 4 is 11.6 Å². The Hall–Kier alpha value is -1.40. The Labute approximate surface area is 148 Å². The summed E-state index contributed by atoms with van der Waals surface area (Å²) in [6.07, 6.45) is 0. The molecule has 3 rings (SSSR count). The molecule has 2 aromatic rings. The van der Waals surface area contributed by atoms with Gasteiger partial charge in [-0.1, -0.05) is 11.6 Å². The Morgan fingerprint density at radius 2 is 1.67 bits per heavy atom. The number of rotatable bonds is 5. The number of halogens is 1. The SMILES string of the molecule is Cc1nn(-c2ccc(Cl)cc2)c(C)c1CN1CCN(CCO)CC1. The molecule has 1 N–H and O–H groups in total. The molecule has 130 valence electrons. The maximum atomic E-state index is 9.05. The smallest absolute Gasteiger partial charge is 0.0649 e. The van der Waals surface area contributed by atoms with Gasteiger partial charge in [-0.3, -0.25) is 9.80 Å². The van der Waals surface area contributed by atoms with Gasteiger partial charge in [-0.2, -0.15) is 5.10 Å². The number of benzene rings is 1. The van der Waals surface area contributed by atoms with Gasteiger partial charge in [-0.05, 0) is 38.1 Å². The third-order valence-corrected chi connectivity index (χ3v) is 5.03. The van der Waals surface area contributed by atoms with E-state index in [2.05, 4.69) is 23.6 Å². The summed E-state index contributed by atoms with van der Waals surface area (Å²) in [5, 5.41) is 14.5. The van der Waals surface area contributed by atoms with Crippen LogP contribution in [0.4, 0.5) is 0 Å². The number of nitrogens with zero attached hydrogens (tertiary/aromatic N) is 4. The Kier molecular flexibility index (Phi) is 5.56. The number of aromatic nitrogens is 2. The largest absolute Gasteiger partial charge is 0.395 e. The van der Waals surface area contributed by atoms with Gasteiger partial charge < -0.3 is 5.11 Å². The first-order valence-corrected chi connectivity index (χ1v) is 8.83. The van der Waals surface area contributed by atoms with Crippen LogP contribution in [0.15, 0.2) is 24.3 Å². The summed E-state index contributed by atoms with van der Waals surface area (Å²) in [5.74, 6) is 0. The van der Waals surface area contributed by atoms with E-state index in [0.29, 0.717) is 0 Å². The molecule has 1 aromatic heterocycles. The maximum absolute atomic E-state index is 9.05. The van der Waals surface area contributed by atoms with Crippen LogP contribution in [-0.4, -0.2) is 64.0 Å². The van der Waals surface area contributed by atoms with Gasteiger partial charge in [0.05, 0.1) is 18.0 Å². The molecular weight excluding hydrogens is 324 g/mol. The lowest BCUT2D eigenvalue weighted by atomic mass is 10.1. The lowest BCUT2D eigenvalue weighted by molar-refractivity contribution is 0.108. The van der Waals surface area contributed by atoms with Gasteiger partial charge in [0, 0.05) is 55.5 Å². The van der Waals surface area contributed by atoms with Crippen molar-refractivity contribution in [2.75, 3.05) is 39.3 Å².